The molecule has 1 aromatic heterocycles. The van der Waals surface area contributed by atoms with Crippen molar-refractivity contribution in [2.24, 2.45) is 0 Å². The van der Waals surface area contributed by atoms with E-state index in [1.807, 2.05) is 66.9 Å². The zero-order chi connectivity index (χ0) is 31.8. The minimum absolute atomic E-state index is 0.105. The predicted octanol–water partition coefficient (Wildman–Crippen LogP) is 5.48. The lowest BCUT2D eigenvalue weighted by Gasteiger charge is -2.20. The molecule has 4 rings (SSSR count). The van der Waals surface area contributed by atoms with Crippen molar-refractivity contribution in [3.05, 3.63) is 107 Å². The number of hydrogen-bond donors (Lipinski definition) is 5. The second kappa shape index (κ2) is 14.9. The van der Waals surface area contributed by atoms with Gasteiger partial charge in [-0.25, -0.2) is 4.39 Å². The van der Waals surface area contributed by atoms with Crippen LogP contribution >= 0.6 is 0 Å². The minimum atomic E-state index is -1.19. The number of rotatable bonds is 14. The molecule has 4 aromatic rings. The molecule has 2 atom stereocenters. The zero-order valence-corrected chi connectivity index (χ0v) is 24.9. The quantitative estimate of drug-likeness (QED) is 0.130. The van der Waals surface area contributed by atoms with Gasteiger partial charge in [0, 0.05) is 29.4 Å². The smallest absolute Gasteiger partial charge is 0.305 e. The molecule has 44 heavy (non-hydrogen) atoms. The maximum Gasteiger partial charge on any atom is 0.305 e. The molecule has 0 radical (unpaired) electrons. The minimum Gasteiger partial charge on any atom is -0.481 e. The first-order valence-electron chi connectivity index (χ1n) is 14.7. The Balaban J connectivity index is 1.84. The fourth-order valence-corrected chi connectivity index (χ4v) is 5.61. The Bertz CT molecular complexity index is 1570. The lowest BCUT2D eigenvalue weighted by Crippen LogP contribution is -2.27. The number of amides is 1. The standard InChI is InChI=1S/C35H39FN2O6/c1-22(2)38-30(16-15-28(40)18-29(41)19-31(42)43)32(26-11-13-27(36)14-12-26)33(25-9-4-3-5-10-25)34(38)35(44)37-20-23-7-6-8-24(17-23)21-39/h3-14,17,22,28-29,39-41H,15-16,18-21H2,1-2H3,(H,37,44)(H,42,43)/t28-,29-/m1/s1. The van der Waals surface area contributed by atoms with Crippen LogP contribution < -0.4 is 5.32 Å². The van der Waals surface area contributed by atoms with Crippen LogP contribution in [0.1, 0.15) is 66.5 Å². The molecule has 1 amide bonds. The lowest BCUT2D eigenvalue weighted by molar-refractivity contribution is -0.139. The molecule has 8 nitrogen and oxygen atoms in total. The van der Waals surface area contributed by atoms with Gasteiger partial charge in [0.2, 0.25) is 0 Å². The molecule has 9 heteroatoms. The van der Waals surface area contributed by atoms with Crippen molar-refractivity contribution in [1.82, 2.24) is 9.88 Å². The number of carboxylic acids is 1. The molecule has 0 aliphatic rings. The number of aliphatic hydroxyl groups excluding tert-OH is 3. The number of carbonyl (C=O) groups is 2. The van der Waals surface area contributed by atoms with Crippen LogP contribution in [0.15, 0.2) is 78.9 Å². The molecule has 5 N–H and O–H groups in total. The third-order valence-electron chi connectivity index (χ3n) is 7.53. The Labute approximate surface area is 256 Å². The summed E-state index contributed by atoms with van der Waals surface area (Å²) >= 11 is 0. The van der Waals surface area contributed by atoms with Gasteiger partial charge in [-0.1, -0.05) is 66.7 Å². The molecule has 0 bridgehead atoms. The van der Waals surface area contributed by atoms with Gasteiger partial charge in [0.15, 0.2) is 0 Å². The van der Waals surface area contributed by atoms with Crippen molar-refractivity contribution in [2.75, 3.05) is 0 Å². The number of aliphatic carboxylic acids is 1. The summed E-state index contributed by atoms with van der Waals surface area (Å²) in [5.41, 5.74) is 5.63. The van der Waals surface area contributed by atoms with E-state index in [-0.39, 0.29) is 37.9 Å². The Morgan fingerprint density at radius 3 is 2.16 bits per heavy atom. The largest absolute Gasteiger partial charge is 0.481 e. The average Bonchev–Trinajstić information content (AvgIpc) is 3.35. The number of nitrogens with zero attached hydrogens (tertiary/aromatic N) is 1. The van der Waals surface area contributed by atoms with Gasteiger partial charge in [-0.15, -0.1) is 0 Å². The number of nitrogens with one attached hydrogen (secondary N) is 1. The van der Waals surface area contributed by atoms with Gasteiger partial charge in [-0.2, -0.15) is 0 Å². The first-order chi connectivity index (χ1) is 21.1. The average molecular weight is 603 g/mol. The number of halogens is 1. The van der Waals surface area contributed by atoms with Crippen LogP contribution in [0, 0.1) is 5.82 Å². The molecular formula is C35H39FN2O6. The van der Waals surface area contributed by atoms with E-state index >= 15 is 0 Å². The second-order valence-electron chi connectivity index (χ2n) is 11.2. The third-order valence-corrected chi connectivity index (χ3v) is 7.53. The number of carbonyl (C=O) groups excluding carboxylic acids is 1. The number of benzene rings is 3. The summed E-state index contributed by atoms with van der Waals surface area (Å²) in [6.07, 6.45) is -2.25. The van der Waals surface area contributed by atoms with Gasteiger partial charge in [0.1, 0.15) is 11.5 Å². The highest BCUT2D eigenvalue weighted by Crippen LogP contribution is 2.42. The molecular weight excluding hydrogens is 563 g/mol. The third kappa shape index (κ3) is 7.99. The summed E-state index contributed by atoms with van der Waals surface area (Å²) in [6.45, 7) is 4.04. The van der Waals surface area contributed by atoms with E-state index in [0.717, 1.165) is 27.9 Å². The highest BCUT2D eigenvalue weighted by Gasteiger charge is 2.30. The molecule has 0 saturated heterocycles. The van der Waals surface area contributed by atoms with Crippen LogP contribution in [0.25, 0.3) is 22.3 Å². The maximum absolute atomic E-state index is 14.1. The zero-order valence-electron chi connectivity index (χ0n) is 24.9. The van der Waals surface area contributed by atoms with Crippen LogP contribution in [-0.2, 0) is 24.4 Å². The molecule has 0 saturated carbocycles. The van der Waals surface area contributed by atoms with Crippen molar-refractivity contribution < 1.29 is 34.4 Å². The van der Waals surface area contributed by atoms with E-state index in [4.69, 9.17) is 5.11 Å². The Morgan fingerprint density at radius 2 is 1.52 bits per heavy atom. The van der Waals surface area contributed by atoms with E-state index in [1.165, 1.54) is 12.1 Å². The highest BCUT2D eigenvalue weighted by atomic mass is 19.1. The molecule has 0 unspecified atom stereocenters. The Morgan fingerprint density at radius 1 is 0.864 bits per heavy atom. The molecule has 3 aromatic carbocycles. The summed E-state index contributed by atoms with van der Waals surface area (Å²) in [7, 11) is 0. The number of carboxylic acid groups (broad SMARTS) is 1. The Kier molecular flexibility index (Phi) is 11.1. The van der Waals surface area contributed by atoms with E-state index in [2.05, 4.69) is 5.32 Å². The SMILES string of the molecule is CC(C)n1c(CC[C@@H](O)C[C@@H](O)CC(=O)O)c(-c2ccc(F)cc2)c(-c2ccccc2)c1C(=O)NCc1cccc(CO)c1. The number of aromatic nitrogens is 1. The van der Waals surface area contributed by atoms with Crippen molar-refractivity contribution in [3.63, 3.8) is 0 Å². The van der Waals surface area contributed by atoms with E-state index in [0.29, 0.717) is 23.2 Å². The summed E-state index contributed by atoms with van der Waals surface area (Å²) in [5, 5.41) is 42.4. The molecule has 0 fully saturated rings. The molecule has 1 heterocycles. The van der Waals surface area contributed by atoms with E-state index in [9.17, 15) is 29.3 Å². The fourth-order valence-electron chi connectivity index (χ4n) is 5.61. The second-order valence-corrected chi connectivity index (χ2v) is 11.2. The first-order valence-corrected chi connectivity index (χ1v) is 14.7. The van der Waals surface area contributed by atoms with Gasteiger partial charge < -0.3 is 30.3 Å². The fraction of sp³-hybridized carbons (Fsp3) is 0.314. The van der Waals surface area contributed by atoms with Crippen molar-refractivity contribution in [2.45, 2.75) is 70.9 Å². The van der Waals surface area contributed by atoms with Gasteiger partial charge in [0.25, 0.3) is 5.91 Å². The van der Waals surface area contributed by atoms with Gasteiger partial charge in [-0.3, -0.25) is 9.59 Å². The molecule has 0 aliphatic carbocycles. The maximum atomic E-state index is 14.1. The van der Waals surface area contributed by atoms with Crippen molar-refractivity contribution >= 4 is 11.9 Å². The first kappa shape index (κ1) is 32.6. The Hall–Kier alpha value is -4.31. The van der Waals surface area contributed by atoms with Gasteiger partial charge >= 0.3 is 5.97 Å². The normalized spacial score (nSPS) is 12.7. The van der Waals surface area contributed by atoms with Gasteiger partial charge in [0.05, 0.1) is 25.2 Å². The van der Waals surface area contributed by atoms with E-state index in [1.54, 1.807) is 18.2 Å². The summed E-state index contributed by atoms with van der Waals surface area (Å²) in [5.74, 6) is -1.87. The van der Waals surface area contributed by atoms with Crippen LogP contribution in [0.5, 0.6) is 0 Å². The van der Waals surface area contributed by atoms with Crippen LogP contribution in [0.2, 0.25) is 0 Å². The highest BCUT2D eigenvalue weighted by molar-refractivity contribution is 6.05. The van der Waals surface area contributed by atoms with Gasteiger partial charge in [-0.05, 0) is 67.5 Å². The van der Waals surface area contributed by atoms with Crippen LogP contribution in [0.4, 0.5) is 4.39 Å². The van der Waals surface area contributed by atoms with Crippen LogP contribution in [-0.4, -0.2) is 49.1 Å². The number of hydrogen-bond acceptors (Lipinski definition) is 5. The van der Waals surface area contributed by atoms with E-state index < -0.39 is 30.4 Å². The van der Waals surface area contributed by atoms with Crippen molar-refractivity contribution in [1.29, 1.82) is 0 Å². The van der Waals surface area contributed by atoms with Crippen molar-refractivity contribution in [3.8, 4) is 22.3 Å². The molecule has 0 spiro atoms. The molecule has 0 aliphatic heterocycles. The molecule has 232 valence electrons. The predicted molar refractivity (Wildman–Crippen MR) is 166 cm³/mol. The monoisotopic (exact) mass is 602 g/mol. The summed E-state index contributed by atoms with van der Waals surface area (Å²) in [4.78, 5) is 25.2. The van der Waals surface area contributed by atoms with Crippen LogP contribution in [0.3, 0.4) is 0 Å². The lowest BCUT2D eigenvalue weighted by atomic mass is 9.92. The summed E-state index contributed by atoms with van der Waals surface area (Å²) in [6, 6.07) is 22.7. The summed E-state index contributed by atoms with van der Waals surface area (Å²) < 4.78 is 16.0. The topological polar surface area (TPSA) is 132 Å². The number of aliphatic hydroxyl groups is 3.